The molecule has 2 aliphatic heterocycles. The van der Waals surface area contributed by atoms with E-state index in [0.29, 0.717) is 35.8 Å². The Morgan fingerprint density at radius 1 is 1.34 bits per heavy atom. The van der Waals surface area contributed by atoms with E-state index in [1.165, 1.54) is 0 Å². The van der Waals surface area contributed by atoms with Gasteiger partial charge in [0, 0.05) is 25.2 Å². The van der Waals surface area contributed by atoms with Crippen LogP contribution in [0.4, 0.5) is 5.82 Å². The Morgan fingerprint density at radius 3 is 2.56 bits per heavy atom. The van der Waals surface area contributed by atoms with Gasteiger partial charge in [-0.25, -0.2) is 0 Å². The lowest BCUT2D eigenvalue weighted by Gasteiger charge is -2.35. The summed E-state index contributed by atoms with van der Waals surface area (Å²) < 4.78 is 1.82. The monoisotopic (exact) mass is 474 g/mol. The molecule has 1 amide bonds. The van der Waals surface area contributed by atoms with E-state index in [9.17, 15) is 19.6 Å². The number of rotatable bonds is 6. The van der Waals surface area contributed by atoms with E-state index in [1.54, 1.807) is 17.6 Å². The van der Waals surface area contributed by atoms with E-state index in [0.717, 1.165) is 42.6 Å². The number of carboxylic acid groups (broad SMARTS) is 1. The first kappa shape index (κ1) is 24.0. The van der Waals surface area contributed by atoms with Crippen LogP contribution in [0.25, 0.3) is 6.08 Å². The van der Waals surface area contributed by atoms with Gasteiger partial charge in [0.1, 0.15) is 28.3 Å². The maximum absolute atomic E-state index is 13.1. The molecule has 0 unspecified atom stereocenters. The molecule has 2 fully saturated rings. The number of carbonyl (C=O) groups excluding carboxylic acids is 1. The van der Waals surface area contributed by atoms with Crippen molar-refractivity contribution in [1.82, 2.24) is 9.47 Å². The molecule has 1 aromatic rings. The molecule has 0 saturated carbocycles. The van der Waals surface area contributed by atoms with Crippen molar-refractivity contribution in [2.45, 2.75) is 46.6 Å². The fraction of sp³-hybridized carbons (Fsp3) is 0.500. The number of nitrogens with zero attached hydrogens (tertiary/aromatic N) is 4. The molecule has 10 heteroatoms. The van der Waals surface area contributed by atoms with Crippen LogP contribution in [0, 0.1) is 24.2 Å². The van der Waals surface area contributed by atoms with E-state index in [-0.39, 0.29) is 20.3 Å². The number of hydrogen-bond acceptors (Lipinski definition) is 7. The minimum Gasteiger partial charge on any atom is -0.480 e. The number of carboxylic acids is 1. The molecule has 2 saturated heterocycles. The molecule has 8 nitrogen and oxygen atoms in total. The predicted octanol–water partition coefficient (Wildman–Crippen LogP) is 2.96. The Morgan fingerprint density at radius 2 is 2.00 bits per heavy atom. The second kappa shape index (κ2) is 9.88. The van der Waals surface area contributed by atoms with Crippen LogP contribution in [0.3, 0.4) is 0 Å². The standard InChI is InChI=1S/C22H26N4O4S2/c1-4-7-25-19(24-8-5-13(2)6-9-24)15(14(3)16(11-23)20(25)29)10-17-21(30)26(12-18(27)28)22(31)32-17/h10,13H,4-9,12H2,1-3H3,(H,27,28)/b17-10+. The fourth-order valence-electron chi connectivity index (χ4n) is 4.04. The number of piperidine rings is 1. The van der Waals surface area contributed by atoms with Crippen molar-refractivity contribution in [3.63, 3.8) is 0 Å². The summed E-state index contributed by atoms with van der Waals surface area (Å²) in [6.07, 6.45) is 4.35. The Balaban J connectivity index is 2.21. The van der Waals surface area contributed by atoms with Crippen LogP contribution in [-0.4, -0.2) is 50.4 Å². The average Bonchev–Trinajstić information content (AvgIpc) is 3.00. The van der Waals surface area contributed by atoms with Crippen LogP contribution in [0.1, 0.15) is 49.8 Å². The molecule has 2 aliphatic rings. The molecule has 0 aromatic carbocycles. The second-order valence-electron chi connectivity index (χ2n) is 8.14. The first-order chi connectivity index (χ1) is 15.2. The zero-order valence-corrected chi connectivity index (χ0v) is 20.0. The maximum Gasteiger partial charge on any atom is 0.323 e. The number of anilines is 1. The number of carbonyl (C=O) groups is 2. The van der Waals surface area contributed by atoms with Crippen molar-refractivity contribution >= 4 is 52.1 Å². The van der Waals surface area contributed by atoms with Crippen LogP contribution in [0.15, 0.2) is 9.70 Å². The summed E-state index contributed by atoms with van der Waals surface area (Å²) in [5.41, 5.74) is 0.887. The van der Waals surface area contributed by atoms with Gasteiger partial charge in [-0.3, -0.25) is 23.9 Å². The third-order valence-corrected chi connectivity index (χ3v) is 7.20. The van der Waals surface area contributed by atoms with E-state index in [2.05, 4.69) is 11.8 Å². The number of hydrogen-bond donors (Lipinski definition) is 1. The maximum atomic E-state index is 13.1. The van der Waals surface area contributed by atoms with E-state index in [1.807, 2.05) is 13.0 Å². The highest BCUT2D eigenvalue weighted by molar-refractivity contribution is 8.26. The van der Waals surface area contributed by atoms with Gasteiger partial charge in [0.2, 0.25) is 0 Å². The number of aromatic nitrogens is 1. The first-order valence-corrected chi connectivity index (χ1v) is 11.8. The van der Waals surface area contributed by atoms with Crippen molar-refractivity contribution in [2.24, 2.45) is 5.92 Å². The summed E-state index contributed by atoms with van der Waals surface area (Å²) in [4.78, 5) is 40.6. The third kappa shape index (κ3) is 4.59. The predicted molar refractivity (Wildman–Crippen MR) is 129 cm³/mol. The lowest BCUT2D eigenvalue weighted by atomic mass is 9.97. The molecule has 0 aliphatic carbocycles. The molecular weight excluding hydrogens is 448 g/mol. The molecule has 3 heterocycles. The van der Waals surface area contributed by atoms with Crippen LogP contribution in [0.2, 0.25) is 0 Å². The highest BCUT2D eigenvalue weighted by Gasteiger charge is 2.34. The number of pyridine rings is 1. The highest BCUT2D eigenvalue weighted by Crippen LogP contribution is 2.36. The van der Waals surface area contributed by atoms with Gasteiger partial charge in [-0.2, -0.15) is 5.26 Å². The molecular formula is C22H26N4O4S2. The van der Waals surface area contributed by atoms with Crippen molar-refractivity contribution in [3.8, 4) is 6.07 Å². The number of thiocarbonyl (C=S) groups is 1. The zero-order chi connectivity index (χ0) is 23.6. The SMILES string of the molecule is CCCn1c(N2CCC(C)CC2)c(/C=C2/SC(=S)N(CC(=O)O)C2=O)c(C)c(C#N)c1=O. The van der Waals surface area contributed by atoms with Gasteiger partial charge in [-0.05, 0) is 43.7 Å². The van der Waals surface area contributed by atoms with Crippen molar-refractivity contribution in [3.05, 3.63) is 31.9 Å². The first-order valence-electron chi connectivity index (χ1n) is 10.6. The molecule has 0 atom stereocenters. The van der Waals surface area contributed by atoms with Crippen molar-refractivity contribution in [2.75, 3.05) is 24.5 Å². The highest BCUT2D eigenvalue weighted by atomic mass is 32.2. The molecule has 1 N–H and O–H groups in total. The number of nitriles is 1. The van der Waals surface area contributed by atoms with Gasteiger partial charge < -0.3 is 10.0 Å². The van der Waals surface area contributed by atoms with Gasteiger partial charge in [-0.1, -0.05) is 37.8 Å². The van der Waals surface area contributed by atoms with Gasteiger partial charge in [-0.15, -0.1) is 0 Å². The summed E-state index contributed by atoms with van der Waals surface area (Å²) in [5, 5.41) is 18.8. The molecule has 32 heavy (non-hydrogen) atoms. The lowest BCUT2D eigenvalue weighted by molar-refractivity contribution is -0.140. The second-order valence-corrected chi connectivity index (χ2v) is 9.81. The topological polar surface area (TPSA) is 107 Å². The summed E-state index contributed by atoms with van der Waals surface area (Å²) in [5.74, 6) is -0.326. The van der Waals surface area contributed by atoms with Gasteiger partial charge >= 0.3 is 5.97 Å². The smallest absolute Gasteiger partial charge is 0.323 e. The number of aliphatic carboxylic acids is 1. The molecule has 1 aromatic heterocycles. The van der Waals surface area contributed by atoms with Gasteiger partial charge in [0.05, 0.1) is 4.91 Å². The van der Waals surface area contributed by atoms with Gasteiger partial charge in [0.25, 0.3) is 11.5 Å². The molecule has 0 spiro atoms. The molecule has 0 bridgehead atoms. The molecule has 170 valence electrons. The largest absolute Gasteiger partial charge is 0.480 e. The molecule has 3 rings (SSSR count). The van der Waals surface area contributed by atoms with Crippen molar-refractivity contribution < 1.29 is 14.7 Å². The van der Waals surface area contributed by atoms with Crippen molar-refractivity contribution in [1.29, 1.82) is 5.26 Å². The number of thioether (sulfide) groups is 1. The summed E-state index contributed by atoms with van der Waals surface area (Å²) in [6, 6.07) is 2.03. The van der Waals surface area contributed by atoms with Crippen LogP contribution in [0.5, 0.6) is 0 Å². The summed E-state index contributed by atoms with van der Waals surface area (Å²) in [6.45, 7) is 7.39. The minimum absolute atomic E-state index is 0.0554. The Labute approximate surface area is 196 Å². The normalized spacial score (nSPS) is 18.5. The zero-order valence-electron chi connectivity index (χ0n) is 18.4. The average molecular weight is 475 g/mol. The fourth-order valence-corrected chi connectivity index (χ4v) is 5.28. The van der Waals surface area contributed by atoms with Crippen LogP contribution >= 0.6 is 24.0 Å². The van der Waals surface area contributed by atoms with E-state index in [4.69, 9.17) is 17.3 Å². The molecule has 0 radical (unpaired) electrons. The Kier molecular flexibility index (Phi) is 7.41. The summed E-state index contributed by atoms with van der Waals surface area (Å²) >= 11 is 6.25. The van der Waals surface area contributed by atoms with Crippen LogP contribution in [-0.2, 0) is 16.1 Å². The van der Waals surface area contributed by atoms with E-state index < -0.39 is 18.4 Å². The minimum atomic E-state index is -1.15. The Hall–Kier alpha value is -2.64. The third-order valence-electron chi connectivity index (χ3n) is 5.82. The lowest BCUT2D eigenvalue weighted by Crippen LogP contribution is -2.39. The summed E-state index contributed by atoms with van der Waals surface area (Å²) in [7, 11) is 0. The quantitative estimate of drug-likeness (QED) is 0.495. The Bertz CT molecular complexity index is 1090. The van der Waals surface area contributed by atoms with Gasteiger partial charge in [0.15, 0.2) is 0 Å². The van der Waals surface area contributed by atoms with E-state index >= 15 is 0 Å². The number of amides is 1. The van der Waals surface area contributed by atoms with Crippen LogP contribution < -0.4 is 10.5 Å².